The van der Waals surface area contributed by atoms with Gasteiger partial charge in [-0.15, -0.1) is 10.2 Å². The predicted molar refractivity (Wildman–Crippen MR) is 75.9 cm³/mol. The molecule has 1 aromatic heterocycles. The molecule has 3 nitrogen and oxygen atoms in total. The van der Waals surface area contributed by atoms with E-state index >= 15 is 0 Å². The fourth-order valence-electron chi connectivity index (χ4n) is 1.98. The van der Waals surface area contributed by atoms with Gasteiger partial charge in [0, 0.05) is 0 Å². The smallest absolute Gasteiger partial charge is 0.205 e. The fraction of sp³-hybridized carbons (Fsp3) is 0.143. The first-order valence-corrected chi connectivity index (χ1v) is 6.72. The van der Waals surface area contributed by atoms with E-state index in [1.165, 1.54) is 27.7 Å². The summed E-state index contributed by atoms with van der Waals surface area (Å²) in [7, 11) is 0. The molecule has 4 heteroatoms. The van der Waals surface area contributed by atoms with E-state index in [1.54, 1.807) is 5.51 Å². The van der Waals surface area contributed by atoms with Gasteiger partial charge in [-0.2, -0.15) is 0 Å². The van der Waals surface area contributed by atoms with E-state index in [0.29, 0.717) is 0 Å². The lowest BCUT2D eigenvalue weighted by Gasteiger charge is -2.13. The number of aromatic nitrogens is 2. The number of hydrogen-bond acceptors (Lipinski definition) is 4. The predicted octanol–water partition coefficient (Wildman–Crippen LogP) is 3.86. The van der Waals surface area contributed by atoms with Gasteiger partial charge in [0.25, 0.3) is 0 Å². The molecule has 1 atom stereocenters. The van der Waals surface area contributed by atoms with Crippen LogP contribution in [0.5, 0.6) is 0 Å². The van der Waals surface area contributed by atoms with Crippen molar-refractivity contribution >= 4 is 27.2 Å². The van der Waals surface area contributed by atoms with Crippen molar-refractivity contribution in [3.05, 3.63) is 53.5 Å². The monoisotopic (exact) mass is 255 g/mol. The number of fused-ring (bicyclic) bond motifs is 1. The normalized spacial score (nSPS) is 12.5. The van der Waals surface area contributed by atoms with Gasteiger partial charge in [0.1, 0.15) is 5.51 Å². The van der Waals surface area contributed by atoms with Crippen molar-refractivity contribution in [2.24, 2.45) is 0 Å². The molecule has 1 unspecified atom stereocenters. The molecule has 0 aliphatic heterocycles. The Morgan fingerprint density at radius 2 is 1.94 bits per heavy atom. The Morgan fingerprint density at radius 1 is 1.11 bits per heavy atom. The Labute approximate surface area is 109 Å². The van der Waals surface area contributed by atoms with Crippen molar-refractivity contribution in [2.45, 2.75) is 13.0 Å². The van der Waals surface area contributed by atoms with Gasteiger partial charge in [-0.05, 0) is 29.3 Å². The van der Waals surface area contributed by atoms with Crippen molar-refractivity contribution in [3.8, 4) is 0 Å². The molecule has 0 fully saturated rings. The van der Waals surface area contributed by atoms with Crippen LogP contribution in [-0.4, -0.2) is 10.2 Å². The molecule has 0 radical (unpaired) electrons. The summed E-state index contributed by atoms with van der Waals surface area (Å²) in [5.74, 6) is 0. The van der Waals surface area contributed by atoms with Crippen molar-refractivity contribution in [2.75, 3.05) is 5.32 Å². The van der Waals surface area contributed by atoms with Gasteiger partial charge in [-0.3, -0.25) is 0 Å². The molecular weight excluding hydrogens is 242 g/mol. The van der Waals surface area contributed by atoms with Crippen molar-refractivity contribution in [1.29, 1.82) is 0 Å². The maximum atomic E-state index is 4.00. The van der Waals surface area contributed by atoms with Gasteiger partial charge in [-0.25, -0.2) is 0 Å². The molecule has 1 N–H and O–H groups in total. The van der Waals surface area contributed by atoms with Crippen LogP contribution in [-0.2, 0) is 0 Å². The van der Waals surface area contributed by atoms with E-state index < -0.39 is 0 Å². The van der Waals surface area contributed by atoms with E-state index in [9.17, 15) is 0 Å². The molecule has 0 spiro atoms. The highest BCUT2D eigenvalue weighted by Crippen LogP contribution is 2.23. The zero-order chi connectivity index (χ0) is 12.4. The first-order chi connectivity index (χ1) is 8.83. The van der Waals surface area contributed by atoms with Gasteiger partial charge in [-0.1, -0.05) is 47.7 Å². The summed E-state index contributed by atoms with van der Waals surface area (Å²) in [6.45, 7) is 2.13. The van der Waals surface area contributed by atoms with Crippen molar-refractivity contribution < 1.29 is 0 Å². The van der Waals surface area contributed by atoms with Crippen LogP contribution < -0.4 is 5.32 Å². The Kier molecular flexibility index (Phi) is 2.94. The molecule has 0 saturated heterocycles. The van der Waals surface area contributed by atoms with Crippen molar-refractivity contribution in [1.82, 2.24) is 10.2 Å². The summed E-state index contributed by atoms with van der Waals surface area (Å²) in [4.78, 5) is 0. The van der Waals surface area contributed by atoms with Gasteiger partial charge in [0.2, 0.25) is 5.13 Å². The van der Waals surface area contributed by atoms with Crippen LogP contribution in [0.15, 0.2) is 48.0 Å². The topological polar surface area (TPSA) is 37.8 Å². The van der Waals surface area contributed by atoms with E-state index in [1.807, 2.05) is 0 Å². The molecule has 90 valence electrons. The second kappa shape index (κ2) is 4.74. The summed E-state index contributed by atoms with van der Waals surface area (Å²) in [6.07, 6.45) is 0. The number of rotatable bonds is 3. The molecule has 3 aromatic rings. The third-order valence-corrected chi connectivity index (χ3v) is 3.60. The molecule has 2 aromatic carbocycles. The molecule has 3 rings (SSSR count). The highest BCUT2D eigenvalue weighted by Gasteiger charge is 2.07. The molecule has 18 heavy (non-hydrogen) atoms. The second-order valence-electron chi connectivity index (χ2n) is 4.22. The first-order valence-electron chi connectivity index (χ1n) is 5.84. The summed E-state index contributed by atoms with van der Waals surface area (Å²) >= 11 is 1.52. The molecule has 0 aliphatic rings. The van der Waals surface area contributed by atoms with Crippen LogP contribution in [0.4, 0.5) is 5.13 Å². The number of anilines is 1. The number of nitrogens with zero attached hydrogens (tertiary/aromatic N) is 2. The molecule has 0 saturated carbocycles. The molecule has 0 amide bonds. The highest BCUT2D eigenvalue weighted by molar-refractivity contribution is 7.13. The van der Waals surface area contributed by atoms with E-state index in [2.05, 4.69) is 64.9 Å². The van der Waals surface area contributed by atoms with Crippen molar-refractivity contribution in [3.63, 3.8) is 0 Å². The van der Waals surface area contributed by atoms with Crippen LogP contribution in [0.3, 0.4) is 0 Å². The number of hydrogen-bond donors (Lipinski definition) is 1. The van der Waals surface area contributed by atoms with Crippen LogP contribution in [0.1, 0.15) is 18.5 Å². The summed E-state index contributed by atoms with van der Waals surface area (Å²) in [5, 5.41) is 14.6. The molecule has 1 heterocycles. The molecular formula is C14H13N3S. The maximum absolute atomic E-state index is 4.00. The average Bonchev–Trinajstić information content (AvgIpc) is 2.91. The highest BCUT2D eigenvalue weighted by atomic mass is 32.1. The summed E-state index contributed by atoms with van der Waals surface area (Å²) in [5.41, 5.74) is 2.99. The van der Waals surface area contributed by atoms with Gasteiger partial charge < -0.3 is 5.32 Å². The third kappa shape index (κ3) is 2.19. The number of benzene rings is 2. The standard InChI is InChI=1S/C14H13N3S/c1-10(16-14-17-15-9-18-14)12-7-6-11-4-2-3-5-13(11)8-12/h2-10H,1H3,(H,16,17). The van der Waals surface area contributed by atoms with E-state index in [4.69, 9.17) is 0 Å². The van der Waals surface area contributed by atoms with Crippen LogP contribution in [0.25, 0.3) is 10.8 Å². The van der Waals surface area contributed by atoms with Crippen LogP contribution in [0, 0.1) is 0 Å². The lowest BCUT2D eigenvalue weighted by Crippen LogP contribution is -2.06. The lowest BCUT2D eigenvalue weighted by atomic mass is 10.0. The Morgan fingerprint density at radius 3 is 2.72 bits per heavy atom. The molecule has 0 bridgehead atoms. The Bertz CT molecular complexity index is 649. The minimum atomic E-state index is 0.225. The van der Waals surface area contributed by atoms with E-state index in [-0.39, 0.29) is 6.04 Å². The van der Waals surface area contributed by atoms with Crippen LogP contribution in [0.2, 0.25) is 0 Å². The average molecular weight is 255 g/mol. The van der Waals surface area contributed by atoms with E-state index in [0.717, 1.165) is 5.13 Å². The Balaban J connectivity index is 1.89. The van der Waals surface area contributed by atoms with Gasteiger partial charge in [0.15, 0.2) is 0 Å². The van der Waals surface area contributed by atoms with Gasteiger partial charge in [0.05, 0.1) is 6.04 Å². The zero-order valence-electron chi connectivity index (χ0n) is 10.00. The quantitative estimate of drug-likeness (QED) is 0.772. The van der Waals surface area contributed by atoms with Crippen LogP contribution >= 0.6 is 11.3 Å². The SMILES string of the molecule is CC(Nc1nncs1)c1ccc2ccccc2c1. The lowest BCUT2D eigenvalue weighted by molar-refractivity contribution is 0.875. The zero-order valence-corrected chi connectivity index (χ0v) is 10.8. The van der Waals surface area contributed by atoms with Gasteiger partial charge >= 0.3 is 0 Å². The minimum absolute atomic E-state index is 0.225. The maximum Gasteiger partial charge on any atom is 0.205 e. The minimum Gasteiger partial charge on any atom is -0.354 e. The summed E-state index contributed by atoms with van der Waals surface area (Å²) in [6, 6.07) is 15.1. The first kappa shape index (κ1) is 11.2. The third-order valence-electron chi connectivity index (χ3n) is 2.97. The largest absolute Gasteiger partial charge is 0.354 e. The number of nitrogens with one attached hydrogen (secondary N) is 1. The summed E-state index contributed by atoms with van der Waals surface area (Å²) < 4.78 is 0. The fourth-order valence-corrected chi connectivity index (χ4v) is 2.51. The second-order valence-corrected chi connectivity index (χ2v) is 5.05. The Hall–Kier alpha value is -1.94. The molecule has 0 aliphatic carbocycles.